The monoisotopic (exact) mass is 304 g/mol. The lowest BCUT2D eigenvalue weighted by Gasteiger charge is -2.26. The number of rotatable bonds is 3. The van der Waals surface area contributed by atoms with E-state index < -0.39 is 0 Å². The quantitative estimate of drug-likeness (QED) is 0.875. The Morgan fingerprint density at radius 2 is 2.10 bits per heavy atom. The Balaban J connectivity index is 1.84. The Labute approximate surface area is 129 Å². The van der Waals surface area contributed by atoms with E-state index in [0.29, 0.717) is 6.54 Å². The van der Waals surface area contributed by atoms with Gasteiger partial charge in [0, 0.05) is 36.0 Å². The van der Waals surface area contributed by atoms with Crippen molar-refractivity contribution in [2.45, 2.75) is 20.4 Å². The summed E-state index contributed by atoms with van der Waals surface area (Å²) in [5.41, 5.74) is 2.94. The van der Waals surface area contributed by atoms with Crippen molar-refractivity contribution in [3.63, 3.8) is 0 Å². The highest BCUT2D eigenvalue weighted by Crippen LogP contribution is 2.20. The van der Waals surface area contributed by atoms with Crippen molar-refractivity contribution in [2.75, 3.05) is 24.6 Å². The van der Waals surface area contributed by atoms with Crippen LogP contribution >= 0.6 is 11.8 Å². The summed E-state index contributed by atoms with van der Waals surface area (Å²) in [6, 6.07) is 5.85. The maximum atomic E-state index is 12.7. The van der Waals surface area contributed by atoms with E-state index >= 15 is 0 Å². The fourth-order valence-electron chi connectivity index (χ4n) is 2.76. The zero-order valence-corrected chi connectivity index (χ0v) is 13.3. The lowest BCUT2D eigenvalue weighted by molar-refractivity contribution is 0.0771. The minimum atomic E-state index is 0.161. The van der Waals surface area contributed by atoms with Gasteiger partial charge in [-0.2, -0.15) is 11.8 Å². The molecule has 5 heteroatoms. The molecular formula is C16H20N2O2S. The Kier molecular flexibility index (Phi) is 4.10. The normalized spacial score (nSPS) is 15.4. The highest BCUT2D eigenvalue weighted by atomic mass is 32.2. The maximum Gasteiger partial charge on any atom is 0.255 e. The summed E-state index contributed by atoms with van der Waals surface area (Å²) < 4.78 is 7.56. The molecule has 1 saturated heterocycles. The molecule has 0 bridgehead atoms. The molecule has 0 N–H and O–H groups in total. The second-order valence-corrected chi connectivity index (χ2v) is 6.58. The van der Waals surface area contributed by atoms with Gasteiger partial charge in [-0.25, -0.2) is 0 Å². The van der Waals surface area contributed by atoms with Crippen LogP contribution in [0.5, 0.6) is 0 Å². The zero-order valence-electron chi connectivity index (χ0n) is 12.5. The van der Waals surface area contributed by atoms with Crippen molar-refractivity contribution in [1.29, 1.82) is 0 Å². The predicted octanol–water partition coefficient (Wildman–Crippen LogP) is 2.94. The minimum absolute atomic E-state index is 0.161. The summed E-state index contributed by atoms with van der Waals surface area (Å²) in [6.45, 7) is 6.44. The Morgan fingerprint density at radius 1 is 1.33 bits per heavy atom. The molecule has 2 aromatic heterocycles. The van der Waals surface area contributed by atoms with E-state index in [1.165, 1.54) is 0 Å². The SMILES string of the molecule is Cc1cc(C(=O)N2CCSCC2)c(C)n1Cc1ccco1. The molecule has 0 atom stereocenters. The Morgan fingerprint density at radius 3 is 2.76 bits per heavy atom. The van der Waals surface area contributed by atoms with Crippen LogP contribution in [0.4, 0.5) is 0 Å². The van der Waals surface area contributed by atoms with E-state index in [1.54, 1.807) is 6.26 Å². The van der Waals surface area contributed by atoms with Gasteiger partial charge in [-0.3, -0.25) is 4.79 Å². The summed E-state index contributed by atoms with van der Waals surface area (Å²) >= 11 is 1.92. The van der Waals surface area contributed by atoms with E-state index in [4.69, 9.17) is 4.42 Å². The van der Waals surface area contributed by atoms with Gasteiger partial charge in [0.1, 0.15) is 5.76 Å². The van der Waals surface area contributed by atoms with E-state index in [9.17, 15) is 4.79 Å². The van der Waals surface area contributed by atoms with Crippen molar-refractivity contribution in [1.82, 2.24) is 9.47 Å². The summed E-state index contributed by atoms with van der Waals surface area (Å²) in [7, 11) is 0. The highest BCUT2D eigenvalue weighted by Gasteiger charge is 2.23. The number of carbonyl (C=O) groups excluding carboxylic acids is 1. The lowest BCUT2D eigenvalue weighted by Crippen LogP contribution is -2.38. The summed E-state index contributed by atoms with van der Waals surface area (Å²) in [6.07, 6.45) is 1.68. The van der Waals surface area contributed by atoms with Gasteiger partial charge in [-0.1, -0.05) is 0 Å². The number of amides is 1. The van der Waals surface area contributed by atoms with Gasteiger partial charge in [0.05, 0.1) is 18.4 Å². The molecule has 0 spiro atoms. The molecule has 1 fully saturated rings. The van der Waals surface area contributed by atoms with Gasteiger partial charge < -0.3 is 13.9 Å². The fraction of sp³-hybridized carbons (Fsp3) is 0.438. The summed E-state index contributed by atoms with van der Waals surface area (Å²) in [5, 5.41) is 0. The molecule has 0 aromatic carbocycles. The van der Waals surface area contributed by atoms with Gasteiger partial charge in [0.2, 0.25) is 0 Å². The molecule has 21 heavy (non-hydrogen) atoms. The van der Waals surface area contributed by atoms with Crippen LogP contribution in [0.3, 0.4) is 0 Å². The van der Waals surface area contributed by atoms with Gasteiger partial charge in [0.25, 0.3) is 5.91 Å². The second kappa shape index (κ2) is 6.02. The number of aromatic nitrogens is 1. The molecule has 1 amide bonds. The maximum absolute atomic E-state index is 12.7. The van der Waals surface area contributed by atoms with Crippen LogP contribution in [-0.2, 0) is 6.54 Å². The van der Waals surface area contributed by atoms with Gasteiger partial charge >= 0.3 is 0 Å². The van der Waals surface area contributed by atoms with Crippen LogP contribution in [-0.4, -0.2) is 40.0 Å². The number of aryl methyl sites for hydroxylation is 1. The first-order chi connectivity index (χ1) is 10.2. The molecule has 0 aliphatic carbocycles. The van der Waals surface area contributed by atoms with Crippen molar-refractivity contribution >= 4 is 17.7 Å². The largest absolute Gasteiger partial charge is 0.467 e. The molecule has 0 saturated carbocycles. The van der Waals surface area contributed by atoms with Gasteiger partial charge in [-0.05, 0) is 32.0 Å². The topological polar surface area (TPSA) is 38.4 Å². The first kappa shape index (κ1) is 14.3. The standard InChI is InChI=1S/C16H20N2O2S/c1-12-10-15(16(19)17-5-8-21-9-6-17)13(2)18(12)11-14-4-3-7-20-14/h3-4,7,10H,5-6,8-9,11H2,1-2H3. The van der Waals surface area contributed by atoms with Crippen molar-refractivity contribution < 1.29 is 9.21 Å². The molecule has 0 unspecified atom stereocenters. The number of thioether (sulfide) groups is 1. The highest BCUT2D eigenvalue weighted by molar-refractivity contribution is 7.99. The van der Waals surface area contributed by atoms with Crippen LogP contribution < -0.4 is 0 Å². The average Bonchev–Trinajstić information content (AvgIpc) is 3.11. The average molecular weight is 304 g/mol. The number of carbonyl (C=O) groups is 1. The molecule has 1 aliphatic rings. The lowest BCUT2D eigenvalue weighted by atomic mass is 10.2. The molecular weight excluding hydrogens is 284 g/mol. The number of hydrogen-bond donors (Lipinski definition) is 0. The third-order valence-corrected chi connectivity index (χ3v) is 4.94. The van der Waals surface area contributed by atoms with E-state index in [1.807, 2.05) is 48.7 Å². The second-order valence-electron chi connectivity index (χ2n) is 5.35. The molecule has 3 rings (SSSR count). The zero-order chi connectivity index (χ0) is 14.8. The third-order valence-electron chi connectivity index (χ3n) is 4.00. The Hall–Kier alpha value is -1.62. The van der Waals surface area contributed by atoms with Crippen LogP contribution in [0.25, 0.3) is 0 Å². The van der Waals surface area contributed by atoms with Crippen molar-refractivity contribution in [3.05, 3.63) is 47.2 Å². The molecule has 1 aliphatic heterocycles. The molecule has 2 aromatic rings. The molecule has 3 heterocycles. The first-order valence-corrected chi connectivity index (χ1v) is 8.38. The first-order valence-electron chi connectivity index (χ1n) is 7.23. The van der Waals surface area contributed by atoms with Crippen LogP contribution in [0.1, 0.15) is 27.5 Å². The van der Waals surface area contributed by atoms with Crippen molar-refractivity contribution in [2.24, 2.45) is 0 Å². The minimum Gasteiger partial charge on any atom is -0.467 e. The van der Waals surface area contributed by atoms with Crippen LogP contribution in [0, 0.1) is 13.8 Å². The van der Waals surface area contributed by atoms with E-state index in [2.05, 4.69) is 4.57 Å². The van der Waals surface area contributed by atoms with Crippen LogP contribution in [0.15, 0.2) is 28.9 Å². The molecule has 112 valence electrons. The predicted molar refractivity (Wildman–Crippen MR) is 84.9 cm³/mol. The summed E-state index contributed by atoms with van der Waals surface area (Å²) in [5.74, 6) is 3.15. The smallest absolute Gasteiger partial charge is 0.255 e. The van der Waals surface area contributed by atoms with Gasteiger partial charge in [-0.15, -0.1) is 0 Å². The van der Waals surface area contributed by atoms with E-state index in [-0.39, 0.29) is 5.91 Å². The third kappa shape index (κ3) is 2.88. The molecule has 4 nitrogen and oxygen atoms in total. The molecule has 0 radical (unpaired) electrons. The Bertz CT molecular complexity index is 625. The van der Waals surface area contributed by atoms with E-state index in [0.717, 1.165) is 47.3 Å². The summed E-state index contributed by atoms with van der Waals surface area (Å²) in [4.78, 5) is 14.6. The number of hydrogen-bond acceptors (Lipinski definition) is 3. The number of nitrogens with zero attached hydrogens (tertiary/aromatic N) is 2. The van der Waals surface area contributed by atoms with Crippen molar-refractivity contribution in [3.8, 4) is 0 Å². The van der Waals surface area contributed by atoms with Gasteiger partial charge in [0.15, 0.2) is 0 Å². The van der Waals surface area contributed by atoms with Crippen LogP contribution in [0.2, 0.25) is 0 Å². The number of furan rings is 1. The fourth-order valence-corrected chi connectivity index (χ4v) is 3.66.